The van der Waals surface area contributed by atoms with Crippen molar-refractivity contribution in [2.24, 2.45) is 48.7 Å². The summed E-state index contributed by atoms with van der Waals surface area (Å²) in [5.41, 5.74) is 3.39. The zero-order chi connectivity index (χ0) is 86.5. The summed E-state index contributed by atoms with van der Waals surface area (Å²) >= 11 is 0. The maximum absolute atomic E-state index is 10.0. The third-order valence-electron chi connectivity index (χ3n) is 16.3. The van der Waals surface area contributed by atoms with E-state index in [2.05, 4.69) is 187 Å². The summed E-state index contributed by atoms with van der Waals surface area (Å²) in [6, 6.07) is 0. The number of carbonyl (C=O) groups is 9. The summed E-state index contributed by atoms with van der Waals surface area (Å²) in [7, 11) is 0. The van der Waals surface area contributed by atoms with Crippen LogP contribution >= 0.6 is 0 Å². The van der Waals surface area contributed by atoms with Crippen molar-refractivity contribution in [3.63, 3.8) is 0 Å². The van der Waals surface area contributed by atoms with Crippen LogP contribution in [0.3, 0.4) is 0 Å². The first kappa shape index (κ1) is 136. The number of hydrogen-bond acceptors (Lipinski definition) is 18. The Morgan fingerprint density at radius 2 is 0.198 bits per heavy atom. The molecule has 111 heavy (non-hydrogen) atoms. The molecule has 0 amide bonds. The van der Waals surface area contributed by atoms with Crippen LogP contribution in [-0.4, -0.2) is 53.7 Å². The number of rotatable bonds is 45. The normalized spacial score (nSPS) is 11.3. The summed E-state index contributed by atoms with van der Waals surface area (Å²) < 4.78 is 0. The fourth-order valence-electron chi connectivity index (χ4n) is 9.91. The Hall–Kier alpha value is -0.718. The number of carboxylic acids is 9. The van der Waals surface area contributed by atoms with Gasteiger partial charge in [0.15, 0.2) is 0 Å². The maximum Gasteiger partial charge on any atom is 3.00 e. The molecule has 0 aromatic rings. The molecule has 0 bridgehead atoms. The first-order chi connectivity index (χ1) is 48.7. The molecule has 651 valence electrons. The second-order valence-electron chi connectivity index (χ2n) is 40.4. The van der Waals surface area contributed by atoms with Crippen LogP contribution in [0.4, 0.5) is 0 Å². The van der Waals surface area contributed by atoms with Gasteiger partial charge in [0.05, 0.1) is 0 Å². The quantitative estimate of drug-likeness (QED) is 0.0511. The Morgan fingerprint density at radius 1 is 0.135 bits per heavy atom. The van der Waals surface area contributed by atoms with Crippen molar-refractivity contribution < 1.29 is 212 Å². The number of carboxylic acid groups (broad SMARTS) is 9. The van der Waals surface area contributed by atoms with Crippen LogP contribution < -0.4 is 46.0 Å². The van der Waals surface area contributed by atoms with Gasteiger partial charge in [0, 0.05) is 53.7 Å². The average molecular weight is 1970 g/mol. The molecule has 0 rings (SSSR count). The monoisotopic (exact) mass is 1970 g/mol. The van der Waals surface area contributed by atoms with E-state index < -0.39 is 53.7 Å². The largest absolute Gasteiger partial charge is 3.00 e. The summed E-state index contributed by atoms with van der Waals surface area (Å²) in [6.45, 7) is 59.4. The van der Waals surface area contributed by atoms with E-state index in [-0.39, 0.29) is 180 Å². The molecule has 21 heteroatoms. The van der Waals surface area contributed by atoms with Crippen molar-refractivity contribution in [3.8, 4) is 0 Å². The van der Waals surface area contributed by atoms with Crippen LogP contribution in [0.5, 0.6) is 0 Å². The average Bonchev–Trinajstić information content (AvgIpc) is 1.05. The molecule has 0 heterocycles. The van der Waals surface area contributed by atoms with E-state index in [1.807, 2.05) is 0 Å². The molecule has 0 aliphatic heterocycles. The van der Waals surface area contributed by atoms with Gasteiger partial charge in [-0.25, -0.2) is 0 Å². The van der Waals surface area contributed by atoms with Gasteiger partial charge in [0.25, 0.3) is 0 Å². The minimum atomic E-state index is -0.925. The van der Waals surface area contributed by atoms with E-state index in [0.717, 1.165) is 173 Å². The molecule has 0 saturated heterocycles. The zero-order valence-electron chi connectivity index (χ0n) is 76.7. The summed E-state index contributed by atoms with van der Waals surface area (Å²) in [5, 5.41) is 90.4. The van der Waals surface area contributed by atoms with Crippen molar-refractivity contribution in [1.82, 2.24) is 0 Å². The SMILES string of the molecule is CC(C)(C)CCCCCC(=O)[O-].CC(C)(C)CCCCCC(=O)[O-].CC(C)(C)CCCCCC(=O)[O-].CC(C)(C)CCCCCC(=O)[O-].CC(C)(C)CCCCCC(=O)[O-].CC(C)(C)CCCCCC(=O)[O-].CC(C)(C)CCCCCC(=O)[O-].CC(C)(C)CCCCCC(=O)[O-].CC(C)(C)CCCCCC(=O)[O-].[Nd+3].[Nd+3].[Nd+3]. The molecule has 0 saturated carbocycles. The number of aliphatic carboxylic acids is 9. The van der Waals surface area contributed by atoms with E-state index in [4.69, 9.17) is 0 Å². The molecule has 0 aromatic carbocycles. The Morgan fingerprint density at radius 3 is 0.243 bits per heavy atom. The molecule has 0 spiro atoms. The van der Waals surface area contributed by atoms with Gasteiger partial charge < -0.3 is 89.1 Å². The number of hydrogen-bond donors (Lipinski definition) is 0. The van der Waals surface area contributed by atoms with Gasteiger partial charge in [-0.1, -0.05) is 303 Å². The third kappa shape index (κ3) is 195. The smallest absolute Gasteiger partial charge is 0.550 e. The first-order valence-electron chi connectivity index (χ1n) is 41.5. The standard InChI is InChI=1S/9C10H20O2.3Nd/c9*1-10(2,3)8-6-4-5-7-9(11)12;;;/h9*4-8H2,1-3H3,(H,11,12);;;/q;;;;;;;;;3*+3/p-9. The van der Waals surface area contributed by atoms with E-state index in [1.54, 1.807) is 0 Å². The summed E-state index contributed by atoms with van der Waals surface area (Å²) in [6.07, 6.45) is 38.4. The second-order valence-corrected chi connectivity index (χ2v) is 40.4. The van der Waals surface area contributed by atoms with Crippen LogP contribution in [0.25, 0.3) is 0 Å². The van der Waals surface area contributed by atoms with Gasteiger partial charge in [-0.05, 0) is 222 Å². The van der Waals surface area contributed by atoms with Crippen LogP contribution in [0.15, 0.2) is 0 Å². The minimum Gasteiger partial charge on any atom is -0.550 e. The van der Waals surface area contributed by atoms with E-state index in [9.17, 15) is 89.1 Å². The molecule has 18 nitrogen and oxygen atoms in total. The second kappa shape index (κ2) is 81.6. The molecular formula is C90H171Nd3O18. The maximum atomic E-state index is 10.0. The van der Waals surface area contributed by atoms with Crippen molar-refractivity contribution in [2.75, 3.05) is 0 Å². The van der Waals surface area contributed by atoms with E-state index in [1.165, 1.54) is 57.8 Å². The van der Waals surface area contributed by atoms with Crippen LogP contribution in [0, 0.1) is 171 Å². The minimum absolute atomic E-state index is 0. The Labute approximate surface area is 781 Å². The summed E-state index contributed by atoms with van der Waals surface area (Å²) in [5.74, 6) is -8.33. The number of carbonyl (C=O) groups excluding carboxylic acids is 9. The summed E-state index contributed by atoms with van der Waals surface area (Å²) in [4.78, 5) is 90.4. The molecule has 3 radical (unpaired) electrons. The fraction of sp³-hybridized carbons (Fsp3) is 0.900. The molecule has 0 unspecified atom stereocenters. The molecule has 0 aliphatic rings. The van der Waals surface area contributed by atoms with E-state index >= 15 is 0 Å². The van der Waals surface area contributed by atoms with E-state index in [0.29, 0.717) is 48.7 Å². The molecular weight excluding hydrogens is 1800 g/mol. The molecule has 0 fully saturated rings. The Kier molecular flexibility index (Phi) is 100. The van der Waals surface area contributed by atoms with Crippen molar-refractivity contribution in [3.05, 3.63) is 0 Å². The Balaban J connectivity index is -0.0000000990. The van der Waals surface area contributed by atoms with Crippen LogP contribution in [0.2, 0.25) is 0 Å². The van der Waals surface area contributed by atoms with Gasteiger partial charge in [-0.15, -0.1) is 0 Å². The fourth-order valence-corrected chi connectivity index (χ4v) is 9.91. The van der Waals surface area contributed by atoms with Crippen molar-refractivity contribution in [2.45, 2.75) is 476 Å². The predicted octanol–water partition coefficient (Wildman–Crippen LogP) is 15.6. The topological polar surface area (TPSA) is 361 Å². The van der Waals surface area contributed by atoms with Crippen LogP contribution in [-0.2, 0) is 43.2 Å². The molecule has 0 N–H and O–H groups in total. The zero-order valence-corrected chi connectivity index (χ0v) is 86.3. The van der Waals surface area contributed by atoms with Crippen LogP contribution in [0.1, 0.15) is 476 Å². The Bertz CT molecular complexity index is 1700. The van der Waals surface area contributed by atoms with Gasteiger partial charge in [0.2, 0.25) is 0 Å². The van der Waals surface area contributed by atoms with Gasteiger partial charge in [-0.2, -0.15) is 0 Å². The molecule has 0 aromatic heterocycles. The van der Waals surface area contributed by atoms with Gasteiger partial charge >= 0.3 is 123 Å². The molecule has 0 aliphatic carbocycles. The molecule has 0 atom stereocenters. The van der Waals surface area contributed by atoms with Gasteiger partial charge in [-0.3, -0.25) is 0 Å². The first-order valence-corrected chi connectivity index (χ1v) is 41.5. The van der Waals surface area contributed by atoms with Crippen molar-refractivity contribution in [1.29, 1.82) is 0 Å². The van der Waals surface area contributed by atoms with Gasteiger partial charge in [0.1, 0.15) is 0 Å². The predicted molar refractivity (Wildman–Crippen MR) is 428 cm³/mol. The third-order valence-corrected chi connectivity index (χ3v) is 16.3. The van der Waals surface area contributed by atoms with Crippen molar-refractivity contribution >= 4 is 53.7 Å². The number of unbranched alkanes of at least 4 members (excludes halogenated alkanes) is 18.